The number of hydrazine groups is 1. The number of nitrogens with zero attached hydrogens (tertiary/aromatic N) is 1. The lowest BCUT2D eigenvalue weighted by Crippen LogP contribution is -2.41. The monoisotopic (exact) mass is 341 g/mol. The molecule has 0 aromatic heterocycles. The summed E-state index contributed by atoms with van der Waals surface area (Å²) in [4.78, 5) is 33.9. The van der Waals surface area contributed by atoms with Crippen LogP contribution < -0.4 is 15.6 Å². The number of hydrogen-bond acceptors (Lipinski definition) is 5. The van der Waals surface area contributed by atoms with E-state index in [0.717, 1.165) is 0 Å². The standard InChI is InChI=1S/C17H15N3O5/c1-2-11-25-15-9-5-13(6-10-15)17(22)19-18-16(21)12-3-7-14(8-4-12)20(23)24/h2-10H,1,11H2,(H,18,21)(H,19,22). The Kier molecular flexibility index (Phi) is 5.83. The van der Waals surface area contributed by atoms with Gasteiger partial charge in [0.2, 0.25) is 0 Å². The van der Waals surface area contributed by atoms with Crippen LogP contribution in [0.4, 0.5) is 5.69 Å². The largest absolute Gasteiger partial charge is 0.490 e. The minimum atomic E-state index is -0.589. The average Bonchev–Trinajstić information content (AvgIpc) is 2.64. The second-order valence-electron chi connectivity index (χ2n) is 4.84. The SMILES string of the molecule is C=CCOc1ccc(C(=O)NNC(=O)c2ccc([N+](=O)[O-])cc2)cc1. The second-order valence-corrected chi connectivity index (χ2v) is 4.84. The molecule has 128 valence electrons. The first-order chi connectivity index (χ1) is 12.0. The molecule has 0 heterocycles. The number of carbonyl (C=O) groups excluding carboxylic acids is 2. The van der Waals surface area contributed by atoms with Crippen molar-refractivity contribution in [1.29, 1.82) is 0 Å². The van der Waals surface area contributed by atoms with Gasteiger partial charge in [0.25, 0.3) is 17.5 Å². The van der Waals surface area contributed by atoms with Crippen molar-refractivity contribution in [2.45, 2.75) is 0 Å². The third-order valence-corrected chi connectivity index (χ3v) is 3.11. The lowest BCUT2D eigenvalue weighted by Gasteiger charge is -2.08. The number of benzene rings is 2. The smallest absolute Gasteiger partial charge is 0.269 e. The Morgan fingerprint density at radius 3 is 1.92 bits per heavy atom. The molecule has 0 aliphatic rings. The van der Waals surface area contributed by atoms with E-state index < -0.39 is 16.7 Å². The van der Waals surface area contributed by atoms with Crippen LogP contribution in [0.5, 0.6) is 5.75 Å². The Hall–Kier alpha value is -3.68. The van der Waals surface area contributed by atoms with E-state index in [1.165, 1.54) is 24.3 Å². The number of nitro groups is 1. The van der Waals surface area contributed by atoms with Gasteiger partial charge in [-0.3, -0.25) is 30.6 Å². The fraction of sp³-hybridized carbons (Fsp3) is 0.0588. The molecule has 2 aromatic rings. The number of nitrogens with one attached hydrogen (secondary N) is 2. The van der Waals surface area contributed by atoms with E-state index in [-0.39, 0.29) is 11.3 Å². The number of carbonyl (C=O) groups is 2. The van der Waals surface area contributed by atoms with Gasteiger partial charge in [0, 0.05) is 23.3 Å². The van der Waals surface area contributed by atoms with Crippen LogP contribution in [-0.4, -0.2) is 23.3 Å². The highest BCUT2D eigenvalue weighted by Gasteiger charge is 2.11. The van der Waals surface area contributed by atoms with Crippen LogP contribution >= 0.6 is 0 Å². The summed E-state index contributed by atoms with van der Waals surface area (Å²) in [5.41, 5.74) is 4.89. The first-order valence-electron chi connectivity index (χ1n) is 7.20. The highest BCUT2D eigenvalue weighted by atomic mass is 16.6. The lowest BCUT2D eigenvalue weighted by molar-refractivity contribution is -0.384. The molecule has 2 amide bonds. The summed E-state index contributed by atoms with van der Waals surface area (Å²) in [6.45, 7) is 3.90. The number of non-ortho nitro benzene ring substituents is 1. The van der Waals surface area contributed by atoms with Crippen LogP contribution in [0, 0.1) is 10.1 Å². The minimum absolute atomic E-state index is 0.126. The van der Waals surface area contributed by atoms with Crippen LogP contribution in [0.15, 0.2) is 61.2 Å². The molecule has 0 radical (unpaired) electrons. The molecule has 0 aliphatic heterocycles. The Morgan fingerprint density at radius 1 is 1.00 bits per heavy atom. The van der Waals surface area contributed by atoms with Crippen molar-refractivity contribution in [3.05, 3.63) is 82.4 Å². The maximum Gasteiger partial charge on any atom is 0.269 e. The van der Waals surface area contributed by atoms with E-state index >= 15 is 0 Å². The highest BCUT2D eigenvalue weighted by Crippen LogP contribution is 2.13. The molecule has 2 N–H and O–H groups in total. The zero-order valence-electron chi connectivity index (χ0n) is 13.1. The zero-order valence-corrected chi connectivity index (χ0v) is 13.1. The lowest BCUT2D eigenvalue weighted by atomic mass is 10.2. The molecule has 0 saturated carbocycles. The first-order valence-corrected chi connectivity index (χ1v) is 7.20. The topological polar surface area (TPSA) is 111 Å². The van der Waals surface area contributed by atoms with E-state index in [9.17, 15) is 19.7 Å². The second kappa shape index (κ2) is 8.25. The third-order valence-electron chi connectivity index (χ3n) is 3.11. The number of amides is 2. The molecule has 0 bridgehead atoms. The third kappa shape index (κ3) is 4.90. The van der Waals surface area contributed by atoms with Crippen molar-refractivity contribution in [2.24, 2.45) is 0 Å². The number of ether oxygens (including phenoxy) is 1. The van der Waals surface area contributed by atoms with Gasteiger partial charge in [-0.1, -0.05) is 12.7 Å². The van der Waals surface area contributed by atoms with Gasteiger partial charge in [0.15, 0.2) is 0 Å². The van der Waals surface area contributed by atoms with E-state index in [0.29, 0.717) is 17.9 Å². The van der Waals surface area contributed by atoms with Gasteiger partial charge in [-0.05, 0) is 36.4 Å². The van der Waals surface area contributed by atoms with Gasteiger partial charge >= 0.3 is 0 Å². The molecule has 0 aliphatic carbocycles. The quantitative estimate of drug-likeness (QED) is 0.475. The van der Waals surface area contributed by atoms with Crippen molar-refractivity contribution in [1.82, 2.24) is 10.9 Å². The molecule has 8 nitrogen and oxygen atoms in total. The summed E-state index contributed by atoms with van der Waals surface area (Å²) >= 11 is 0. The average molecular weight is 341 g/mol. The molecule has 0 fully saturated rings. The summed E-state index contributed by atoms with van der Waals surface area (Å²) in [5, 5.41) is 10.6. The predicted molar refractivity (Wildman–Crippen MR) is 90.2 cm³/mol. The summed E-state index contributed by atoms with van der Waals surface area (Å²) in [5.74, 6) is -0.508. The molecule has 2 aromatic carbocycles. The molecule has 2 rings (SSSR count). The highest BCUT2D eigenvalue weighted by molar-refractivity contribution is 5.99. The summed E-state index contributed by atoms with van der Waals surface area (Å²) < 4.78 is 5.30. The van der Waals surface area contributed by atoms with Gasteiger partial charge < -0.3 is 4.74 Å². The Bertz CT molecular complexity index is 785. The summed E-state index contributed by atoms with van der Waals surface area (Å²) in [6.07, 6.45) is 1.61. The fourth-order valence-corrected chi connectivity index (χ4v) is 1.85. The molecular weight excluding hydrogens is 326 g/mol. The Balaban J connectivity index is 1.91. The number of hydrogen-bond donors (Lipinski definition) is 2. The van der Waals surface area contributed by atoms with Crippen molar-refractivity contribution in [2.75, 3.05) is 6.61 Å². The van der Waals surface area contributed by atoms with Crippen LogP contribution in [0.25, 0.3) is 0 Å². The van der Waals surface area contributed by atoms with Crippen molar-refractivity contribution in [3.8, 4) is 5.75 Å². The van der Waals surface area contributed by atoms with Crippen LogP contribution in [0.3, 0.4) is 0 Å². The predicted octanol–water partition coefficient (Wildman–Crippen LogP) is 2.23. The fourth-order valence-electron chi connectivity index (χ4n) is 1.85. The molecular formula is C17H15N3O5. The minimum Gasteiger partial charge on any atom is -0.490 e. The molecule has 0 unspecified atom stereocenters. The maximum atomic E-state index is 12.0. The van der Waals surface area contributed by atoms with Crippen LogP contribution in [0.2, 0.25) is 0 Å². The molecule has 0 saturated heterocycles. The molecule has 8 heteroatoms. The van der Waals surface area contributed by atoms with E-state index in [1.54, 1.807) is 30.3 Å². The van der Waals surface area contributed by atoms with Crippen molar-refractivity contribution < 1.29 is 19.2 Å². The number of nitro benzene ring substituents is 1. The molecule has 0 atom stereocenters. The normalized spacial score (nSPS) is 9.76. The van der Waals surface area contributed by atoms with Gasteiger partial charge in [-0.2, -0.15) is 0 Å². The van der Waals surface area contributed by atoms with Gasteiger partial charge in [0.05, 0.1) is 4.92 Å². The van der Waals surface area contributed by atoms with Gasteiger partial charge in [0.1, 0.15) is 12.4 Å². The van der Waals surface area contributed by atoms with Gasteiger partial charge in [-0.15, -0.1) is 0 Å². The van der Waals surface area contributed by atoms with E-state index in [4.69, 9.17) is 4.74 Å². The van der Waals surface area contributed by atoms with Crippen LogP contribution in [0.1, 0.15) is 20.7 Å². The maximum absolute atomic E-state index is 12.0. The number of rotatable bonds is 6. The zero-order chi connectivity index (χ0) is 18.2. The summed E-state index contributed by atoms with van der Waals surface area (Å²) in [6, 6.07) is 11.3. The first kappa shape index (κ1) is 17.7. The van der Waals surface area contributed by atoms with Crippen LogP contribution in [-0.2, 0) is 0 Å². The molecule has 25 heavy (non-hydrogen) atoms. The van der Waals surface area contributed by atoms with Crippen molar-refractivity contribution in [3.63, 3.8) is 0 Å². The Morgan fingerprint density at radius 2 is 1.48 bits per heavy atom. The Labute approximate surface area is 143 Å². The molecule has 0 spiro atoms. The van der Waals surface area contributed by atoms with Gasteiger partial charge in [-0.25, -0.2) is 0 Å². The summed E-state index contributed by atoms with van der Waals surface area (Å²) in [7, 11) is 0. The van der Waals surface area contributed by atoms with E-state index in [2.05, 4.69) is 17.4 Å². The van der Waals surface area contributed by atoms with Crippen molar-refractivity contribution >= 4 is 17.5 Å². The van der Waals surface area contributed by atoms with E-state index in [1.807, 2.05) is 0 Å².